The molecule has 1 atom stereocenters. The summed E-state index contributed by atoms with van der Waals surface area (Å²) in [6.07, 6.45) is 3.07. The van der Waals surface area contributed by atoms with Crippen LogP contribution in [0.15, 0.2) is 72.8 Å². The fraction of sp³-hybridized carbons (Fsp3) is 0.222. The van der Waals surface area contributed by atoms with E-state index in [4.69, 9.17) is 4.74 Å². The number of carbonyl (C=O) groups is 1. The minimum atomic E-state index is -0.153. The number of carbonyl (C=O) groups excluding carboxylic acids is 1. The van der Waals surface area contributed by atoms with Crippen molar-refractivity contribution in [3.63, 3.8) is 0 Å². The molecule has 0 saturated heterocycles. The van der Waals surface area contributed by atoms with Crippen LogP contribution in [0.25, 0.3) is 22.0 Å². The van der Waals surface area contributed by atoms with Crippen LogP contribution in [0.2, 0.25) is 0 Å². The molecule has 160 valence electrons. The summed E-state index contributed by atoms with van der Waals surface area (Å²) in [5.74, 6) is 0.218. The van der Waals surface area contributed by atoms with Gasteiger partial charge < -0.3 is 10.1 Å². The van der Waals surface area contributed by atoms with E-state index in [9.17, 15) is 4.79 Å². The van der Waals surface area contributed by atoms with Crippen molar-refractivity contribution < 1.29 is 9.53 Å². The lowest BCUT2D eigenvalue weighted by atomic mass is 9.88. The molecule has 4 aromatic rings. The zero-order valence-electron chi connectivity index (χ0n) is 18.0. The van der Waals surface area contributed by atoms with Gasteiger partial charge in [0.2, 0.25) is 5.88 Å². The van der Waals surface area contributed by atoms with Crippen LogP contribution in [0.5, 0.6) is 5.88 Å². The fourth-order valence-electron chi connectivity index (χ4n) is 4.38. The van der Waals surface area contributed by atoms with Gasteiger partial charge in [0.25, 0.3) is 5.91 Å². The molecular weight excluding hydrogens is 398 g/mol. The van der Waals surface area contributed by atoms with Gasteiger partial charge in [0.1, 0.15) is 5.69 Å². The number of nitrogens with one attached hydrogen (secondary N) is 1. The monoisotopic (exact) mass is 423 g/mol. The van der Waals surface area contributed by atoms with Crippen LogP contribution in [0, 0.1) is 6.92 Å². The second-order valence-corrected chi connectivity index (χ2v) is 8.27. The third-order valence-electron chi connectivity index (χ3n) is 6.02. The number of ether oxygens (including phenoxy) is 1. The summed E-state index contributed by atoms with van der Waals surface area (Å²) in [5, 5.41) is 13.6. The summed E-state index contributed by atoms with van der Waals surface area (Å²) < 4.78 is 5.83. The van der Waals surface area contributed by atoms with Crippen LogP contribution >= 0.6 is 0 Å². The zero-order chi connectivity index (χ0) is 21.9. The molecule has 1 N–H and O–H groups in total. The highest BCUT2D eigenvalue weighted by Crippen LogP contribution is 2.31. The molecule has 0 unspecified atom stereocenters. The molecule has 1 aliphatic rings. The standard InChI is InChI=1S/C27H25N3O2/c1-18-13-15-20(16-14-18)26-22-10-4-5-11-23(22)27(30-29-26)32-17-25(31)28-24-12-6-8-19-7-2-3-9-21(19)24/h2-5,7,9-11,13-16,24H,6,8,12,17H2,1H3,(H,28,31)/t24-/m1/s1. The van der Waals surface area contributed by atoms with Crippen LogP contribution in [0.3, 0.4) is 0 Å². The summed E-state index contributed by atoms with van der Waals surface area (Å²) in [4.78, 5) is 12.7. The lowest BCUT2D eigenvalue weighted by Gasteiger charge is -2.26. The average Bonchev–Trinajstić information content (AvgIpc) is 2.83. The molecule has 1 aliphatic carbocycles. The maximum Gasteiger partial charge on any atom is 0.258 e. The first-order chi connectivity index (χ1) is 15.7. The topological polar surface area (TPSA) is 64.1 Å². The third kappa shape index (κ3) is 4.06. The largest absolute Gasteiger partial charge is 0.466 e. The van der Waals surface area contributed by atoms with Gasteiger partial charge in [0.15, 0.2) is 6.61 Å². The Morgan fingerprint density at radius 1 is 0.969 bits per heavy atom. The van der Waals surface area contributed by atoms with Gasteiger partial charge in [-0.1, -0.05) is 72.3 Å². The lowest BCUT2D eigenvalue weighted by Crippen LogP contribution is -2.34. The molecule has 0 aliphatic heterocycles. The normalized spacial score (nSPS) is 15.2. The van der Waals surface area contributed by atoms with Gasteiger partial charge in [-0.25, -0.2) is 0 Å². The molecule has 0 saturated carbocycles. The number of fused-ring (bicyclic) bond motifs is 2. The Kier molecular flexibility index (Phi) is 5.55. The van der Waals surface area contributed by atoms with Crippen LogP contribution in [0.1, 0.15) is 35.6 Å². The number of hydrogen-bond acceptors (Lipinski definition) is 4. The second kappa shape index (κ2) is 8.79. The Morgan fingerprint density at radius 2 is 1.72 bits per heavy atom. The van der Waals surface area contributed by atoms with Gasteiger partial charge in [-0.15, -0.1) is 10.2 Å². The maximum absolute atomic E-state index is 12.7. The van der Waals surface area contributed by atoms with E-state index in [1.165, 1.54) is 16.7 Å². The number of nitrogens with zero attached hydrogens (tertiary/aromatic N) is 2. The molecule has 5 rings (SSSR count). The van der Waals surface area contributed by atoms with Crippen molar-refractivity contribution >= 4 is 16.7 Å². The molecule has 1 aromatic heterocycles. The number of aromatic nitrogens is 2. The molecule has 5 nitrogen and oxygen atoms in total. The quantitative estimate of drug-likeness (QED) is 0.481. The van der Waals surface area contributed by atoms with E-state index in [-0.39, 0.29) is 18.6 Å². The van der Waals surface area contributed by atoms with Crippen molar-refractivity contribution in [3.05, 3.63) is 89.5 Å². The van der Waals surface area contributed by atoms with Gasteiger partial charge in [-0.2, -0.15) is 0 Å². The highest BCUT2D eigenvalue weighted by atomic mass is 16.5. The summed E-state index contributed by atoms with van der Waals surface area (Å²) in [6.45, 7) is 1.96. The summed E-state index contributed by atoms with van der Waals surface area (Å²) >= 11 is 0. The van der Waals surface area contributed by atoms with Gasteiger partial charge in [-0.3, -0.25) is 4.79 Å². The molecule has 0 radical (unpaired) electrons. The minimum absolute atomic E-state index is 0.0304. The number of aryl methyl sites for hydroxylation is 2. The van der Waals surface area contributed by atoms with E-state index >= 15 is 0 Å². The molecule has 3 aromatic carbocycles. The fourth-order valence-corrected chi connectivity index (χ4v) is 4.38. The van der Waals surface area contributed by atoms with Gasteiger partial charge in [0.05, 0.1) is 6.04 Å². The van der Waals surface area contributed by atoms with Crippen LogP contribution < -0.4 is 10.1 Å². The Morgan fingerprint density at radius 3 is 2.56 bits per heavy atom. The Bertz CT molecular complexity index is 1270. The summed E-state index contributed by atoms with van der Waals surface area (Å²) in [5.41, 5.74) is 5.52. The first-order valence-electron chi connectivity index (χ1n) is 11.0. The minimum Gasteiger partial charge on any atom is -0.466 e. The van der Waals surface area contributed by atoms with Crippen LogP contribution in [-0.4, -0.2) is 22.7 Å². The van der Waals surface area contributed by atoms with Crippen LogP contribution in [-0.2, 0) is 11.2 Å². The Labute approximate surface area is 187 Å². The molecule has 1 amide bonds. The SMILES string of the molecule is Cc1ccc(-c2nnc(OCC(=O)N[C@@H]3CCCc4ccccc43)c3ccccc23)cc1. The number of benzene rings is 3. The lowest BCUT2D eigenvalue weighted by molar-refractivity contribution is -0.124. The number of rotatable bonds is 5. The van der Waals surface area contributed by atoms with Crippen molar-refractivity contribution in [1.82, 2.24) is 15.5 Å². The maximum atomic E-state index is 12.7. The smallest absolute Gasteiger partial charge is 0.258 e. The third-order valence-corrected chi connectivity index (χ3v) is 6.02. The molecule has 5 heteroatoms. The van der Waals surface area contributed by atoms with Gasteiger partial charge in [-0.05, 0) is 43.4 Å². The first-order valence-corrected chi connectivity index (χ1v) is 11.0. The molecule has 0 spiro atoms. The highest BCUT2D eigenvalue weighted by Gasteiger charge is 2.22. The Balaban J connectivity index is 1.34. The Hall–Kier alpha value is -3.73. The number of hydrogen-bond donors (Lipinski definition) is 1. The summed E-state index contributed by atoms with van der Waals surface area (Å²) in [6, 6.07) is 24.4. The van der Waals surface area contributed by atoms with Gasteiger partial charge in [0, 0.05) is 16.3 Å². The molecule has 32 heavy (non-hydrogen) atoms. The first kappa shape index (κ1) is 20.2. The zero-order valence-corrected chi connectivity index (χ0v) is 18.0. The van der Waals surface area contributed by atoms with E-state index in [2.05, 4.69) is 52.8 Å². The van der Waals surface area contributed by atoms with E-state index in [1.807, 2.05) is 42.5 Å². The van der Waals surface area contributed by atoms with Crippen molar-refractivity contribution in [2.45, 2.75) is 32.2 Å². The highest BCUT2D eigenvalue weighted by molar-refractivity contribution is 5.97. The molecular formula is C27H25N3O2. The van der Waals surface area contributed by atoms with E-state index in [0.29, 0.717) is 5.88 Å². The van der Waals surface area contributed by atoms with E-state index < -0.39 is 0 Å². The second-order valence-electron chi connectivity index (χ2n) is 8.27. The number of amides is 1. The van der Waals surface area contributed by atoms with Crippen molar-refractivity contribution in [3.8, 4) is 17.1 Å². The molecule has 1 heterocycles. The van der Waals surface area contributed by atoms with Gasteiger partial charge >= 0.3 is 0 Å². The average molecular weight is 424 g/mol. The van der Waals surface area contributed by atoms with E-state index in [0.717, 1.165) is 41.3 Å². The molecule has 0 fully saturated rings. The predicted octanol–water partition coefficient (Wildman–Crippen LogP) is 5.18. The van der Waals surface area contributed by atoms with Crippen molar-refractivity contribution in [2.24, 2.45) is 0 Å². The van der Waals surface area contributed by atoms with Crippen LogP contribution in [0.4, 0.5) is 0 Å². The summed E-state index contributed by atoms with van der Waals surface area (Å²) in [7, 11) is 0. The molecule has 0 bridgehead atoms. The predicted molar refractivity (Wildman–Crippen MR) is 125 cm³/mol. The van der Waals surface area contributed by atoms with Crippen molar-refractivity contribution in [2.75, 3.05) is 6.61 Å². The van der Waals surface area contributed by atoms with Crippen molar-refractivity contribution in [1.29, 1.82) is 0 Å². The van der Waals surface area contributed by atoms with E-state index in [1.54, 1.807) is 0 Å².